The van der Waals surface area contributed by atoms with E-state index < -0.39 is 26.8 Å². The molecule has 4 aromatic carbocycles. The highest BCUT2D eigenvalue weighted by Gasteiger charge is 2.35. The fourth-order valence-corrected chi connectivity index (χ4v) is 7.94. The van der Waals surface area contributed by atoms with Crippen molar-refractivity contribution >= 4 is 34.6 Å². The van der Waals surface area contributed by atoms with Crippen LogP contribution >= 0.6 is 0 Å². The van der Waals surface area contributed by atoms with Gasteiger partial charge in [0.1, 0.15) is 16.2 Å². The van der Waals surface area contributed by atoms with Crippen LogP contribution in [0.2, 0.25) is 0 Å². The van der Waals surface area contributed by atoms with Gasteiger partial charge in [-0.3, -0.25) is 4.79 Å². The van der Waals surface area contributed by atoms with Gasteiger partial charge >= 0.3 is 5.97 Å². The van der Waals surface area contributed by atoms with Crippen LogP contribution in [0.4, 0.5) is 0 Å². The first-order chi connectivity index (χ1) is 30.3. The quantitative estimate of drug-likeness (QED) is 0.0731. The number of nitrogens with one attached hydrogen (secondary N) is 1. The molecule has 362 valence electrons. The topological polar surface area (TPSA) is 133 Å². The second kappa shape index (κ2) is 28.8. The summed E-state index contributed by atoms with van der Waals surface area (Å²) in [6.07, 6.45) is 8.98. The van der Waals surface area contributed by atoms with Crippen molar-refractivity contribution in [3.8, 4) is 5.75 Å². The normalized spacial score (nSPS) is 14.2. The molecular formula is C55H83NO7S2. The van der Waals surface area contributed by atoms with Gasteiger partial charge in [0.2, 0.25) is 5.91 Å². The van der Waals surface area contributed by atoms with Crippen molar-refractivity contribution in [3.63, 3.8) is 0 Å². The van der Waals surface area contributed by atoms with Crippen molar-refractivity contribution in [1.82, 2.24) is 5.32 Å². The molecule has 4 aromatic rings. The number of carbonyl (C=O) groups excluding carboxylic acids is 2. The number of hydrogen-bond acceptors (Lipinski definition) is 7. The van der Waals surface area contributed by atoms with Gasteiger partial charge in [-0.05, 0) is 156 Å². The minimum absolute atomic E-state index is 0.192. The van der Waals surface area contributed by atoms with Gasteiger partial charge in [0.05, 0.1) is 21.4 Å². The zero-order chi connectivity index (χ0) is 49.4. The van der Waals surface area contributed by atoms with E-state index in [-0.39, 0.29) is 17.5 Å². The number of phenolic OH excluding ortho intramolecular Hbond substituents is 1. The first-order valence-corrected chi connectivity index (χ1v) is 25.6. The summed E-state index contributed by atoms with van der Waals surface area (Å²) in [7, 11) is -4.34. The van der Waals surface area contributed by atoms with Crippen molar-refractivity contribution in [2.75, 3.05) is 5.75 Å². The van der Waals surface area contributed by atoms with Gasteiger partial charge in [0, 0.05) is 11.0 Å². The standard InChI is InChI=1S/C19H28O2.C10H21NO4S.C10H14O.C10H14.C6H6S/c1-5-14(2)15-10-12-16(13-11-15)18(20)21-19(3,4)17-8-6-7-9-17;1-6-9(2,3)8(12)11-10(4,5)7-16(13,14)15;1-3-8(2)9-4-6-10(11)7-5-9;1-3-9(2)10-7-5-4-6-8-10;7-6-4-2-1-3-5-6/h10-14,17H,5-9H2,1-4H3;6-7H2,1-5H3,(H,11,12)(H,13,14,15);4-8,11H,3H2,1-2H3;4-9H,3H2,1-2H3;1-5,7H. The van der Waals surface area contributed by atoms with Crippen molar-refractivity contribution in [1.29, 1.82) is 0 Å². The van der Waals surface area contributed by atoms with Gasteiger partial charge in [-0.2, -0.15) is 0 Å². The molecular weight excluding hydrogens is 851 g/mol. The molecule has 0 heterocycles. The van der Waals surface area contributed by atoms with Crippen LogP contribution in [0.5, 0.6) is 5.75 Å². The summed E-state index contributed by atoms with van der Waals surface area (Å²) in [5.41, 5.74) is 2.73. The van der Waals surface area contributed by atoms with E-state index in [1.54, 1.807) is 26.0 Å². The number of amides is 1. The Morgan fingerprint density at radius 3 is 1.46 bits per heavy atom. The minimum Gasteiger partial charge on any atom is -0.748 e. The number of ether oxygens (including phenoxy) is 1. The summed E-state index contributed by atoms with van der Waals surface area (Å²) < 4.78 is 37.7. The van der Waals surface area contributed by atoms with Crippen molar-refractivity contribution in [2.45, 2.75) is 175 Å². The molecule has 0 radical (unpaired) electrons. The molecule has 0 aliphatic heterocycles. The second-order valence-electron chi connectivity index (χ2n) is 19.2. The zero-order valence-corrected chi connectivity index (χ0v) is 43.7. The molecule has 0 bridgehead atoms. The van der Waals surface area contributed by atoms with Crippen molar-refractivity contribution in [3.05, 3.63) is 131 Å². The third-order valence-electron chi connectivity index (χ3n) is 12.3. The molecule has 8 nitrogen and oxygen atoms in total. The molecule has 1 amide bonds. The number of phenols is 1. The van der Waals surface area contributed by atoms with Gasteiger partial charge in [-0.1, -0.05) is 148 Å². The molecule has 0 saturated heterocycles. The third-order valence-corrected chi connectivity index (χ3v) is 13.7. The molecule has 0 spiro atoms. The molecule has 1 aliphatic rings. The van der Waals surface area contributed by atoms with Crippen LogP contribution < -0.4 is 5.32 Å². The summed E-state index contributed by atoms with van der Waals surface area (Å²) >= 11 is 3.36. The summed E-state index contributed by atoms with van der Waals surface area (Å²) in [4.78, 5) is 25.3. The molecule has 3 unspecified atom stereocenters. The fraction of sp³-hybridized carbons (Fsp3) is 0.527. The van der Waals surface area contributed by atoms with E-state index in [0.717, 1.165) is 17.7 Å². The highest BCUT2D eigenvalue weighted by Crippen LogP contribution is 2.36. The maximum atomic E-state index is 12.3. The largest absolute Gasteiger partial charge is 0.748 e. The van der Waals surface area contributed by atoms with Crippen LogP contribution in [0.25, 0.3) is 0 Å². The van der Waals surface area contributed by atoms with Crippen molar-refractivity contribution < 1.29 is 32.4 Å². The van der Waals surface area contributed by atoms with Gasteiger partial charge in [0.15, 0.2) is 0 Å². The molecule has 1 fully saturated rings. The molecule has 1 saturated carbocycles. The Hall–Kier alpha value is -4.12. The van der Waals surface area contributed by atoms with Crippen LogP contribution in [0.15, 0.2) is 114 Å². The lowest BCUT2D eigenvalue weighted by Crippen LogP contribution is -2.52. The van der Waals surface area contributed by atoms with E-state index in [4.69, 9.17) is 9.84 Å². The average Bonchev–Trinajstić information content (AvgIpc) is 3.83. The number of rotatable bonds is 14. The van der Waals surface area contributed by atoms with Crippen LogP contribution in [-0.2, 0) is 32.3 Å². The number of aromatic hydroxyl groups is 1. The lowest BCUT2D eigenvalue weighted by atomic mass is 9.88. The molecule has 10 heteroatoms. The number of carbonyl (C=O) groups is 2. The Morgan fingerprint density at radius 2 is 1.09 bits per heavy atom. The lowest BCUT2D eigenvalue weighted by Gasteiger charge is -2.32. The summed E-state index contributed by atoms with van der Waals surface area (Å²) in [6.45, 7) is 25.8. The van der Waals surface area contributed by atoms with Crippen LogP contribution in [0, 0.1) is 11.3 Å². The Bertz CT molecular complexity index is 2030. The monoisotopic (exact) mass is 934 g/mol. The Balaban J connectivity index is 0.000000427. The minimum atomic E-state index is -4.34. The average molecular weight is 934 g/mol. The maximum absolute atomic E-state index is 12.3. The Morgan fingerprint density at radius 1 is 0.692 bits per heavy atom. The summed E-state index contributed by atoms with van der Waals surface area (Å²) in [6, 6.07) is 35.9. The van der Waals surface area contributed by atoms with E-state index in [1.165, 1.54) is 62.6 Å². The van der Waals surface area contributed by atoms with Crippen LogP contribution in [-0.4, -0.2) is 46.8 Å². The van der Waals surface area contributed by atoms with E-state index in [9.17, 15) is 22.6 Å². The molecule has 0 aromatic heterocycles. The summed E-state index contributed by atoms with van der Waals surface area (Å²) in [5.74, 6) is 1.64. The SMILES string of the molecule is CCC(C)(C)C(=O)NC(C)(C)CS(=O)(=O)[O-].CCC(C)c1ccc(C(=O)OC(C)(C)C2CCCC2)cc1.CCC(C)c1ccc(O)cc1.CCC(C)c1ccccc1.[SH2+]c1ccccc1. The lowest BCUT2D eigenvalue weighted by molar-refractivity contribution is -0.130. The van der Waals surface area contributed by atoms with E-state index >= 15 is 0 Å². The molecule has 2 N–H and O–H groups in total. The second-order valence-corrected chi connectivity index (χ2v) is 21.2. The van der Waals surface area contributed by atoms with Crippen molar-refractivity contribution in [2.24, 2.45) is 11.3 Å². The Kier molecular flexibility index (Phi) is 26.1. The number of esters is 1. The third kappa shape index (κ3) is 23.8. The van der Waals surface area contributed by atoms with E-state index in [2.05, 4.69) is 104 Å². The zero-order valence-electron chi connectivity index (χ0n) is 41.9. The summed E-state index contributed by atoms with van der Waals surface area (Å²) in [5, 5.41) is 11.6. The molecule has 5 rings (SSSR count). The number of hydrogen-bond donors (Lipinski definition) is 2. The van der Waals surface area contributed by atoms with Gasteiger partial charge < -0.3 is 19.7 Å². The van der Waals surface area contributed by atoms with Gasteiger partial charge in [-0.15, -0.1) is 0 Å². The molecule has 3 atom stereocenters. The first kappa shape index (κ1) is 58.9. The smallest absolute Gasteiger partial charge is 0.338 e. The van der Waals surface area contributed by atoms with E-state index in [0.29, 0.717) is 41.4 Å². The molecule has 1 aliphatic carbocycles. The first-order valence-electron chi connectivity index (χ1n) is 23.5. The van der Waals surface area contributed by atoms with Gasteiger partial charge in [0.25, 0.3) is 0 Å². The highest BCUT2D eigenvalue weighted by atomic mass is 32.2. The fourth-order valence-electron chi connectivity index (χ4n) is 6.79. The van der Waals surface area contributed by atoms with E-state index in [1.807, 2.05) is 73.7 Å². The van der Waals surface area contributed by atoms with Crippen LogP contribution in [0.1, 0.15) is 186 Å². The maximum Gasteiger partial charge on any atom is 0.338 e. The predicted molar refractivity (Wildman–Crippen MR) is 274 cm³/mol. The van der Waals surface area contributed by atoms with Crippen LogP contribution in [0.3, 0.4) is 0 Å². The van der Waals surface area contributed by atoms with Gasteiger partial charge in [-0.25, -0.2) is 13.2 Å². The number of benzene rings is 4. The molecule has 65 heavy (non-hydrogen) atoms. The predicted octanol–water partition coefficient (Wildman–Crippen LogP) is 13.4. The Labute approximate surface area is 399 Å². The highest BCUT2D eigenvalue weighted by molar-refractivity contribution is 7.85.